The van der Waals surface area contributed by atoms with Crippen molar-refractivity contribution in [1.82, 2.24) is 10.2 Å². The molecule has 1 fully saturated rings. The third kappa shape index (κ3) is 3.15. The van der Waals surface area contributed by atoms with Gasteiger partial charge in [0.05, 0.1) is 6.61 Å². The number of fused-ring (bicyclic) bond motifs is 1. The van der Waals surface area contributed by atoms with E-state index in [0.717, 1.165) is 37.9 Å². The molecule has 2 aliphatic heterocycles. The molecule has 20 heavy (non-hydrogen) atoms. The number of nitrogens with zero attached hydrogens (tertiary/aromatic N) is 1. The van der Waals surface area contributed by atoms with Gasteiger partial charge in [0, 0.05) is 25.0 Å². The smallest absolute Gasteiger partial charge is 0.122 e. The molecule has 0 saturated carbocycles. The van der Waals surface area contributed by atoms with Gasteiger partial charge in [-0.05, 0) is 44.5 Å². The second-order valence-electron chi connectivity index (χ2n) is 6.16. The van der Waals surface area contributed by atoms with Crippen molar-refractivity contribution in [2.75, 3.05) is 33.3 Å². The van der Waals surface area contributed by atoms with Crippen LogP contribution in [0.1, 0.15) is 37.2 Å². The molecule has 0 spiro atoms. The minimum atomic E-state index is 0.605. The molecule has 0 bridgehead atoms. The monoisotopic (exact) mass is 274 g/mol. The Balaban J connectivity index is 1.52. The largest absolute Gasteiger partial charge is 0.493 e. The van der Waals surface area contributed by atoms with Crippen LogP contribution >= 0.6 is 0 Å². The van der Waals surface area contributed by atoms with Crippen LogP contribution in [-0.4, -0.2) is 44.2 Å². The number of likely N-dealkylation sites (tertiary alicyclic amines) is 1. The molecule has 1 aromatic carbocycles. The number of benzene rings is 1. The Bertz CT molecular complexity index is 435. The molecular weight excluding hydrogens is 248 g/mol. The third-order valence-corrected chi connectivity index (χ3v) is 4.77. The maximum absolute atomic E-state index is 5.73. The zero-order chi connectivity index (χ0) is 13.8. The van der Waals surface area contributed by atoms with Gasteiger partial charge in [0.1, 0.15) is 5.75 Å². The summed E-state index contributed by atoms with van der Waals surface area (Å²) in [7, 11) is 2.26. The normalized spacial score (nSPS) is 26.9. The third-order valence-electron chi connectivity index (χ3n) is 4.77. The second kappa shape index (κ2) is 6.59. The highest BCUT2D eigenvalue weighted by Gasteiger charge is 2.22. The fraction of sp³-hybridized carbons (Fsp3) is 0.647. The first-order chi connectivity index (χ1) is 9.84. The SMILES string of the molecule is CN1CCCCC1CNCC1CCOc2ccccc21. The Hall–Kier alpha value is -1.06. The maximum Gasteiger partial charge on any atom is 0.122 e. The maximum atomic E-state index is 5.73. The van der Waals surface area contributed by atoms with E-state index in [9.17, 15) is 0 Å². The molecule has 1 N–H and O–H groups in total. The van der Waals surface area contributed by atoms with E-state index in [1.54, 1.807) is 0 Å². The van der Waals surface area contributed by atoms with Crippen molar-refractivity contribution >= 4 is 0 Å². The van der Waals surface area contributed by atoms with Crippen LogP contribution in [0.25, 0.3) is 0 Å². The standard InChI is InChI=1S/C17H26N2O/c1-19-10-5-4-6-15(19)13-18-12-14-9-11-20-17-8-3-2-7-16(14)17/h2-3,7-8,14-15,18H,4-6,9-13H2,1H3. The van der Waals surface area contributed by atoms with Crippen molar-refractivity contribution in [3.8, 4) is 5.75 Å². The van der Waals surface area contributed by atoms with Gasteiger partial charge in [-0.15, -0.1) is 0 Å². The molecular formula is C17H26N2O. The van der Waals surface area contributed by atoms with Gasteiger partial charge in [0.25, 0.3) is 0 Å². The molecule has 2 atom stereocenters. The summed E-state index contributed by atoms with van der Waals surface area (Å²) >= 11 is 0. The highest BCUT2D eigenvalue weighted by molar-refractivity contribution is 5.37. The highest BCUT2D eigenvalue weighted by Crippen LogP contribution is 2.32. The Labute approximate surface area is 122 Å². The van der Waals surface area contributed by atoms with Crippen LogP contribution in [0.3, 0.4) is 0 Å². The second-order valence-corrected chi connectivity index (χ2v) is 6.16. The minimum absolute atomic E-state index is 0.605. The number of nitrogens with one attached hydrogen (secondary N) is 1. The fourth-order valence-corrected chi connectivity index (χ4v) is 3.45. The molecule has 110 valence electrons. The fourth-order valence-electron chi connectivity index (χ4n) is 3.45. The molecule has 1 saturated heterocycles. The molecule has 2 heterocycles. The van der Waals surface area contributed by atoms with Crippen molar-refractivity contribution in [3.05, 3.63) is 29.8 Å². The minimum Gasteiger partial charge on any atom is -0.493 e. The summed E-state index contributed by atoms with van der Waals surface area (Å²) < 4.78 is 5.73. The highest BCUT2D eigenvalue weighted by atomic mass is 16.5. The van der Waals surface area contributed by atoms with Crippen LogP contribution in [-0.2, 0) is 0 Å². The summed E-state index contributed by atoms with van der Waals surface area (Å²) in [6.45, 7) is 4.31. The lowest BCUT2D eigenvalue weighted by molar-refractivity contribution is 0.179. The Morgan fingerprint density at radius 1 is 1.20 bits per heavy atom. The van der Waals surface area contributed by atoms with E-state index in [1.165, 1.54) is 31.4 Å². The lowest BCUT2D eigenvalue weighted by Crippen LogP contribution is -2.44. The van der Waals surface area contributed by atoms with Crippen molar-refractivity contribution < 1.29 is 4.74 Å². The van der Waals surface area contributed by atoms with Gasteiger partial charge in [0.2, 0.25) is 0 Å². The van der Waals surface area contributed by atoms with E-state index in [4.69, 9.17) is 4.74 Å². The van der Waals surface area contributed by atoms with E-state index >= 15 is 0 Å². The number of rotatable bonds is 4. The number of para-hydroxylation sites is 1. The van der Waals surface area contributed by atoms with Crippen LogP contribution in [0.4, 0.5) is 0 Å². The Morgan fingerprint density at radius 3 is 3.00 bits per heavy atom. The van der Waals surface area contributed by atoms with Crippen LogP contribution in [0.2, 0.25) is 0 Å². The van der Waals surface area contributed by atoms with Gasteiger partial charge in [-0.3, -0.25) is 0 Å². The molecule has 0 amide bonds. The van der Waals surface area contributed by atoms with E-state index in [-0.39, 0.29) is 0 Å². The van der Waals surface area contributed by atoms with Crippen LogP contribution in [0.15, 0.2) is 24.3 Å². The number of likely N-dealkylation sites (N-methyl/N-ethyl adjacent to an activating group) is 1. The first-order valence-corrected chi connectivity index (χ1v) is 7.97. The topological polar surface area (TPSA) is 24.5 Å². The quantitative estimate of drug-likeness (QED) is 0.913. The molecule has 0 aliphatic carbocycles. The van der Waals surface area contributed by atoms with Crippen molar-refractivity contribution in [2.45, 2.75) is 37.6 Å². The summed E-state index contributed by atoms with van der Waals surface area (Å²) in [5.41, 5.74) is 1.38. The molecule has 2 aliphatic rings. The Kier molecular flexibility index (Phi) is 4.58. The van der Waals surface area contributed by atoms with Crippen molar-refractivity contribution in [2.24, 2.45) is 0 Å². The van der Waals surface area contributed by atoms with E-state index < -0.39 is 0 Å². The first kappa shape index (κ1) is 13.9. The molecule has 3 heteroatoms. The number of ether oxygens (including phenoxy) is 1. The first-order valence-electron chi connectivity index (χ1n) is 7.97. The van der Waals surface area contributed by atoms with Crippen LogP contribution < -0.4 is 10.1 Å². The molecule has 3 rings (SSSR count). The van der Waals surface area contributed by atoms with Gasteiger partial charge in [-0.1, -0.05) is 24.6 Å². The zero-order valence-electron chi connectivity index (χ0n) is 12.5. The lowest BCUT2D eigenvalue weighted by atomic mass is 9.93. The van der Waals surface area contributed by atoms with Gasteiger partial charge in [-0.2, -0.15) is 0 Å². The van der Waals surface area contributed by atoms with E-state index in [1.807, 2.05) is 0 Å². The summed E-state index contributed by atoms with van der Waals surface area (Å²) in [6, 6.07) is 9.21. The average molecular weight is 274 g/mol. The summed E-state index contributed by atoms with van der Waals surface area (Å²) in [6.07, 6.45) is 5.22. The molecule has 0 radical (unpaired) electrons. The predicted octanol–water partition coefficient (Wildman–Crippen LogP) is 2.63. The van der Waals surface area contributed by atoms with E-state index in [2.05, 4.69) is 41.5 Å². The number of hydrogen-bond acceptors (Lipinski definition) is 3. The molecule has 2 unspecified atom stereocenters. The molecule has 0 aromatic heterocycles. The summed E-state index contributed by atoms with van der Waals surface area (Å²) in [4.78, 5) is 2.51. The Morgan fingerprint density at radius 2 is 2.10 bits per heavy atom. The zero-order valence-corrected chi connectivity index (χ0v) is 12.5. The van der Waals surface area contributed by atoms with Crippen LogP contribution in [0.5, 0.6) is 5.75 Å². The van der Waals surface area contributed by atoms with Crippen molar-refractivity contribution in [1.29, 1.82) is 0 Å². The number of hydrogen-bond donors (Lipinski definition) is 1. The van der Waals surface area contributed by atoms with Gasteiger partial charge < -0.3 is 15.0 Å². The van der Waals surface area contributed by atoms with Crippen LogP contribution in [0, 0.1) is 0 Å². The summed E-state index contributed by atoms with van der Waals surface area (Å²) in [5, 5.41) is 3.70. The predicted molar refractivity (Wildman–Crippen MR) is 82.4 cm³/mol. The molecule has 3 nitrogen and oxygen atoms in total. The van der Waals surface area contributed by atoms with Crippen molar-refractivity contribution in [3.63, 3.8) is 0 Å². The molecule has 1 aromatic rings. The average Bonchev–Trinajstić information content (AvgIpc) is 2.49. The summed E-state index contributed by atoms with van der Waals surface area (Å²) in [5.74, 6) is 1.69. The number of piperidine rings is 1. The van der Waals surface area contributed by atoms with Gasteiger partial charge in [0.15, 0.2) is 0 Å². The lowest BCUT2D eigenvalue weighted by Gasteiger charge is -2.33. The van der Waals surface area contributed by atoms with Gasteiger partial charge in [-0.25, -0.2) is 0 Å². The van der Waals surface area contributed by atoms with Gasteiger partial charge >= 0.3 is 0 Å². The van der Waals surface area contributed by atoms with E-state index in [0.29, 0.717) is 5.92 Å².